The second-order valence-electron chi connectivity index (χ2n) is 5.35. The molecule has 114 valence electrons. The molecule has 3 heteroatoms. The molecule has 0 saturated heterocycles. The lowest BCUT2D eigenvalue weighted by Gasteiger charge is -2.02. The molecule has 1 nitrogen and oxygen atoms in total. The van der Waals surface area contributed by atoms with Gasteiger partial charge >= 0.3 is 0 Å². The summed E-state index contributed by atoms with van der Waals surface area (Å²) in [5.41, 5.74) is 0. The van der Waals surface area contributed by atoms with Crippen molar-refractivity contribution < 1.29 is 9.18 Å². The predicted octanol–water partition coefficient (Wildman–Crippen LogP) is 5.84. The van der Waals surface area contributed by atoms with Crippen molar-refractivity contribution in [3.8, 4) is 0 Å². The summed E-state index contributed by atoms with van der Waals surface area (Å²) in [5.74, 6) is 0.347. The van der Waals surface area contributed by atoms with Crippen LogP contribution in [0, 0.1) is 0 Å². The molecule has 0 aliphatic rings. The van der Waals surface area contributed by atoms with Gasteiger partial charge in [-0.25, -0.2) is 0 Å². The van der Waals surface area contributed by atoms with Crippen LogP contribution in [0.2, 0.25) is 0 Å². The molecule has 0 rings (SSSR count). The molecule has 0 radical (unpaired) electrons. The van der Waals surface area contributed by atoms with E-state index in [-0.39, 0.29) is 18.3 Å². The average Bonchev–Trinajstić information content (AvgIpc) is 2.43. The minimum Gasteiger partial charge on any atom is -0.298 e. The molecule has 0 aromatic carbocycles. The molecule has 0 aromatic heterocycles. The lowest BCUT2D eigenvalue weighted by Crippen LogP contribution is -1.98. The lowest BCUT2D eigenvalue weighted by atomic mass is 10.0. The summed E-state index contributed by atoms with van der Waals surface area (Å²) in [5, 5.41) is 0. The third-order valence-electron chi connectivity index (χ3n) is 3.49. The minimum absolute atomic E-state index is 0.156. The van der Waals surface area contributed by atoms with E-state index in [2.05, 4.69) is 0 Å². The van der Waals surface area contributed by atoms with Crippen LogP contribution in [-0.4, -0.2) is 18.3 Å². The maximum Gasteiger partial charge on any atom is 0.147 e. The second kappa shape index (κ2) is 15.9. The molecule has 0 saturated carbocycles. The van der Waals surface area contributed by atoms with E-state index in [9.17, 15) is 9.18 Å². The smallest absolute Gasteiger partial charge is 0.147 e. The largest absolute Gasteiger partial charge is 0.298 e. The number of carbonyl (C=O) groups excluding carboxylic acids is 1. The SMILES string of the molecule is O=C(CCl)CCCCCCCCCCCCCCF. The first-order valence-electron chi connectivity index (χ1n) is 7.95. The van der Waals surface area contributed by atoms with Gasteiger partial charge in [-0.3, -0.25) is 9.18 Å². The Morgan fingerprint density at radius 3 is 1.42 bits per heavy atom. The molecule has 0 aromatic rings. The van der Waals surface area contributed by atoms with Gasteiger partial charge in [-0.2, -0.15) is 0 Å². The van der Waals surface area contributed by atoms with Crippen molar-refractivity contribution >= 4 is 17.4 Å². The summed E-state index contributed by atoms with van der Waals surface area (Å²) in [6.45, 7) is -0.156. The van der Waals surface area contributed by atoms with Crippen LogP contribution in [0.25, 0.3) is 0 Å². The highest BCUT2D eigenvalue weighted by Crippen LogP contribution is 2.12. The standard InChI is InChI=1S/C16H30ClFO/c17-15-16(19)13-11-9-7-5-3-1-2-4-6-8-10-12-14-18/h1-15H2. The predicted molar refractivity (Wildman–Crippen MR) is 81.7 cm³/mol. The third kappa shape index (κ3) is 15.8. The number of alkyl halides is 2. The van der Waals surface area contributed by atoms with Gasteiger partial charge in [-0.15, -0.1) is 11.6 Å². The molecule has 0 heterocycles. The van der Waals surface area contributed by atoms with E-state index < -0.39 is 0 Å². The quantitative estimate of drug-likeness (QED) is 0.274. The van der Waals surface area contributed by atoms with Crippen LogP contribution >= 0.6 is 11.6 Å². The van der Waals surface area contributed by atoms with Gasteiger partial charge in [0.1, 0.15) is 5.78 Å². The topological polar surface area (TPSA) is 17.1 Å². The van der Waals surface area contributed by atoms with Crippen molar-refractivity contribution in [3.63, 3.8) is 0 Å². The normalized spacial score (nSPS) is 10.8. The van der Waals surface area contributed by atoms with Crippen LogP contribution in [0.15, 0.2) is 0 Å². The van der Waals surface area contributed by atoms with Crippen molar-refractivity contribution in [1.82, 2.24) is 0 Å². The van der Waals surface area contributed by atoms with Crippen molar-refractivity contribution in [2.24, 2.45) is 0 Å². The molecule has 0 aliphatic heterocycles. The van der Waals surface area contributed by atoms with Gasteiger partial charge in [-0.1, -0.05) is 64.2 Å². The Kier molecular flexibility index (Phi) is 15.9. The van der Waals surface area contributed by atoms with Crippen molar-refractivity contribution in [2.45, 2.75) is 83.5 Å². The molecular weight excluding hydrogens is 263 g/mol. The van der Waals surface area contributed by atoms with Crippen LogP contribution in [0.4, 0.5) is 4.39 Å². The Morgan fingerprint density at radius 1 is 0.684 bits per heavy atom. The summed E-state index contributed by atoms with van der Waals surface area (Å²) in [4.78, 5) is 11.0. The molecule has 0 fully saturated rings. The number of rotatable bonds is 15. The van der Waals surface area contributed by atoms with Gasteiger partial charge in [0.05, 0.1) is 12.6 Å². The number of carbonyl (C=O) groups is 1. The zero-order valence-corrected chi connectivity index (χ0v) is 13.0. The van der Waals surface area contributed by atoms with Crippen molar-refractivity contribution in [2.75, 3.05) is 12.6 Å². The summed E-state index contributed by atoms with van der Waals surface area (Å²) < 4.78 is 11.8. The number of halogens is 2. The second-order valence-corrected chi connectivity index (χ2v) is 5.62. The van der Waals surface area contributed by atoms with E-state index in [4.69, 9.17) is 11.6 Å². The Hall–Kier alpha value is -0.110. The van der Waals surface area contributed by atoms with Gasteiger partial charge in [0.15, 0.2) is 0 Å². The highest BCUT2D eigenvalue weighted by atomic mass is 35.5. The number of Topliss-reactive ketones (excluding diaryl/α,β-unsaturated/α-hetero) is 1. The van der Waals surface area contributed by atoms with Crippen LogP contribution in [0.5, 0.6) is 0 Å². The maximum atomic E-state index is 11.8. The summed E-state index contributed by atoms with van der Waals surface area (Å²) in [6.07, 6.45) is 14.9. The van der Waals surface area contributed by atoms with Crippen LogP contribution in [-0.2, 0) is 4.79 Å². The van der Waals surface area contributed by atoms with Gasteiger partial charge in [0.2, 0.25) is 0 Å². The molecule has 0 unspecified atom stereocenters. The zero-order valence-electron chi connectivity index (χ0n) is 12.3. The minimum atomic E-state index is -0.156. The van der Waals surface area contributed by atoms with Crippen molar-refractivity contribution in [1.29, 1.82) is 0 Å². The Morgan fingerprint density at radius 2 is 1.05 bits per heavy atom. The Balaban J connectivity index is 2.97. The van der Waals surface area contributed by atoms with E-state index in [1.54, 1.807) is 0 Å². The van der Waals surface area contributed by atoms with E-state index in [0.29, 0.717) is 6.42 Å². The average molecular weight is 293 g/mol. The lowest BCUT2D eigenvalue weighted by molar-refractivity contribution is -0.116. The number of ketones is 1. The molecule has 19 heavy (non-hydrogen) atoms. The van der Waals surface area contributed by atoms with Crippen LogP contribution < -0.4 is 0 Å². The van der Waals surface area contributed by atoms with Crippen LogP contribution in [0.3, 0.4) is 0 Å². The molecule has 0 amide bonds. The first-order chi connectivity index (χ1) is 9.31. The number of hydrogen-bond donors (Lipinski definition) is 0. The van der Waals surface area contributed by atoms with Gasteiger partial charge < -0.3 is 0 Å². The van der Waals surface area contributed by atoms with Gasteiger partial charge in [-0.05, 0) is 12.8 Å². The molecule has 0 bridgehead atoms. The van der Waals surface area contributed by atoms with Crippen molar-refractivity contribution in [3.05, 3.63) is 0 Å². The highest BCUT2D eigenvalue weighted by molar-refractivity contribution is 6.27. The fourth-order valence-electron chi connectivity index (χ4n) is 2.25. The Bertz CT molecular complexity index is 197. The van der Waals surface area contributed by atoms with E-state index in [1.807, 2.05) is 0 Å². The van der Waals surface area contributed by atoms with E-state index in [0.717, 1.165) is 25.7 Å². The van der Waals surface area contributed by atoms with E-state index in [1.165, 1.54) is 51.4 Å². The molecule has 0 aliphatic carbocycles. The molecular formula is C16H30ClFO. The molecule has 0 N–H and O–H groups in total. The Labute approximate surface area is 123 Å². The zero-order chi connectivity index (χ0) is 14.2. The highest BCUT2D eigenvalue weighted by Gasteiger charge is 1.98. The van der Waals surface area contributed by atoms with Crippen LogP contribution in [0.1, 0.15) is 83.5 Å². The van der Waals surface area contributed by atoms with Gasteiger partial charge in [0.25, 0.3) is 0 Å². The fraction of sp³-hybridized carbons (Fsp3) is 0.938. The number of unbranched alkanes of at least 4 members (excludes halogenated alkanes) is 11. The van der Waals surface area contributed by atoms with E-state index >= 15 is 0 Å². The summed E-state index contributed by atoms with van der Waals surface area (Å²) >= 11 is 5.43. The summed E-state index contributed by atoms with van der Waals surface area (Å²) in [6, 6.07) is 0. The maximum absolute atomic E-state index is 11.8. The summed E-state index contributed by atoms with van der Waals surface area (Å²) in [7, 11) is 0. The first-order valence-corrected chi connectivity index (χ1v) is 8.48. The molecule has 0 spiro atoms. The third-order valence-corrected chi connectivity index (χ3v) is 3.79. The van der Waals surface area contributed by atoms with Gasteiger partial charge in [0, 0.05) is 6.42 Å². The fourth-order valence-corrected chi connectivity index (χ4v) is 2.38. The monoisotopic (exact) mass is 292 g/mol. The number of hydrogen-bond acceptors (Lipinski definition) is 1. The first kappa shape index (κ1) is 18.9. The molecule has 0 atom stereocenters.